The third kappa shape index (κ3) is 3.26. The van der Waals surface area contributed by atoms with Crippen molar-refractivity contribution in [2.24, 2.45) is 0 Å². The summed E-state index contributed by atoms with van der Waals surface area (Å²) in [7, 11) is 0. The lowest BCUT2D eigenvalue weighted by Crippen LogP contribution is -2.19. The van der Waals surface area contributed by atoms with Gasteiger partial charge < -0.3 is 5.32 Å². The monoisotopic (exact) mass is 248 g/mol. The maximum absolute atomic E-state index is 13.4. The van der Waals surface area contributed by atoms with Gasteiger partial charge >= 0.3 is 0 Å². The van der Waals surface area contributed by atoms with Crippen LogP contribution in [0.25, 0.3) is 0 Å². The average Bonchev–Trinajstić information content (AvgIpc) is 2.32. The summed E-state index contributed by atoms with van der Waals surface area (Å²) in [5.41, 5.74) is 0.633. The van der Waals surface area contributed by atoms with E-state index in [9.17, 15) is 8.78 Å². The van der Waals surface area contributed by atoms with Crippen molar-refractivity contribution in [1.82, 2.24) is 4.98 Å². The van der Waals surface area contributed by atoms with E-state index in [0.29, 0.717) is 17.8 Å². The number of nitrogens with one attached hydrogen (secondary N) is 1. The molecule has 0 amide bonds. The normalized spacial score (nSPS) is 12.2. The molecule has 1 aromatic carbocycles. The zero-order valence-corrected chi connectivity index (χ0v) is 10.0. The molecular weight excluding hydrogens is 234 g/mol. The molecule has 94 valence electrons. The lowest BCUT2D eigenvalue weighted by molar-refractivity contribution is 0.582. The summed E-state index contributed by atoms with van der Waals surface area (Å²) in [5, 5.41) is 3.04. The highest BCUT2D eigenvalue weighted by Gasteiger charge is 2.08. The topological polar surface area (TPSA) is 24.9 Å². The minimum atomic E-state index is -0.530. The minimum absolute atomic E-state index is 0.0313. The maximum Gasteiger partial charge on any atom is 0.214 e. The molecule has 2 nitrogen and oxygen atoms in total. The Morgan fingerprint density at radius 3 is 2.61 bits per heavy atom. The van der Waals surface area contributed by atoms with Gasteiger partial charge in [0.15, 0.2) is 0 Å². The lowest BCUT2D eigenvalue weighted by Gasteiger charge is -2.14. The first kappa shape index (κ1) is 12.5. The number of pyridine rings is 1. The van der Waals surface area contributed by atoms with Crippen LogP contribution in [0, 0.1) is 11.8 Å². The van der Waals surface area contributed by atoms with E-state index in [0.717, 1.165) is 0 Å². The molecule has 0 radical (unpaired) electrons. The quantitative estimate of drug-likeness (QED) is 0.839. The largest absolute Gasteiger partial charge is 0.367 e. The van der Waals surface area contributed by atoms with Crippen LogP contribution in [-0.4, -0.2) is 11.0 Å². The van der Waals surface area contributed by atoms with Gasteiger partial charge in [0.2, 0.25) is 5.95 Å². The number of hydrogen-bond donors (Lipinski definition) is 1. The van der Waals surface area contributed by atoms with E-state index in [1.54, 1.807) is 30.3 Å². The number of anilines is 1. The molecule has 1 unspecified atom stereocenters. The summed E-state index contributed by atoms with van der Waals surface area (Å²) >= 11 is 0. The van der Waals surface area contributed by atoms with Crippen LogP contribution in [0.15, 0.2) is 42.5 Å². The van der Waals surface area contributed by atoms with Crippen molar-refractivity contribution in [2.45, 2.75) is 19.4 Å². The van der Waals surface area contributed by atoms with Crippen LogP contribution in [0.3, 0.4) is 0 Å². The van der Waals surface area contributed by atoms with Crippen molar-refractivity contribution in [1.29, 1.82) is 0 Å². The number of rotatable bonds is 4. The Kier molecular flexibility index (Phi) is 3.87. The second-order valence-corrected chi connectivity index (χ2v) is 4.19. The van der Waals surface area contributed by atoms with Crippen molar-refractivity contribution >= 4 is 5.82 Å². The molecule has 1 aromatic heterocycles. The van der Waals surface area contributed by atoms with E-state index in [1.165, 1.54) is 12.1 Å². The van der Waals surface area contributed by atoms with Crippen LogP contribution in [0.5, 0.6) is 0 Å². The molecular formula is C14H14F2N2. The minimum Gasteiger partial charge on any atom is -0.367 e. The third-order valence-electron chi connectivity index (χ3n) is 2.59. The Morgan fingerprint density at radius 2 is 1.89 bits per heavy atom. The lowest BCUT2D eigenvalue weighted by atomic mass is 10.1. The summed E-state index contributed by atoms with van der Waals surface area (Å²) in [6.45, 7) is 1.90. The second kappa shape index (κ2) is 5.58. The van der Waals surface area contributed by atoms with Crippen molar-refractivity contribution in [3.8, 4) is 0 Å². The fraction of sp³-hybridized carbons (Fsp3) is 0.214. The summed E-state index contributed by atoms with van der Waals surface area (Å²) < 4.78 is 26.3. The summed E-state index contributed by atoms with van der Waals surface area (Å²) in [6.07, 6.45) is 0.519. The predicted molar refractivity (Wildman–Crippen MR) is 67.4 cm³/mol. The van der Waals surface area contributed by atoms with Gasteiger partial charge in [-0.15, -0.1) is 0 Å². The third-order valence-corrected chi connectivity index (χ3v) is 2.59. The van der Waals surface area contributed by atoms with Gasteiger partial charge in [0.25, 0.3) is 0 Å². The van der Waals surface area contributed by atoms with Gasteiger partial charge in [0, 0.05) is 6.04 Å². The van der Waals surface area contributed by atoms with E-state index >= 15 is 0 Å². The second-order valence-electron chi connectivity index (χ2n) is 4.19. The van der Waals surface area contributed by atoms with Gasteiger partial charge in [0.1, 0.15) is 11.6 Å². The summed E-state index contributed by atoms with van der Waals surface area (Å²) in [4.78, 5) is 3.71. The molecule has 0 fully saturated rings. The SMILES string of the molecule is CC(Cc1ccccc1F)Nc1cccc(F)n1. The molecule has 18 heavy (non-hydrogen) atoms. The highest BCUT2D eigenvalue weighted by molar-refractivity contribution is 5.35. The molecule has 0 aliphatic heterocycles. The average molecular weight is 248 g/mol. The van der Waals surface area contributed by atoms with Gasteiger partial charge in [-0.3, -0.25) is 0 Å². The van der Waals surface area contributed by atoms with Gasteiger partial charge in [-0.25, -0.2) is 9.37 Å². The molecule has 0 aliphatic carbocycles. The molecule has 2 rings (SSSR count). The Bertz CT molecular complexity index is 529. The van der Waals surface area contributed by atoms with Crippen LogP contribution in [0.4, 0.5) is 14.6 Å². The van der Waals surface area contributed by atoms with E-state index in [4.69, 9.17) is 0 Å². The molecule has 1 N–H and O–H groups in total. The maximum atomic E-state index is 13.4. The number of hydrogen-bond acceptors (Lipinski definition) is 2. The van der Waals surface area contributed by atoms with Crippen LogP contribution < -0.4 is 5.32 Å². The molecule has 0 aliphatic rings. The first-order valence-corrected chi connectivity index (χ1v) is 5.77. The zero-order valence-electron chi connectivity index (χ0n) is 10.0. The van der Waals surface area contributed by atoms with Crippen molar-refractivity contribution in [3.63, 3.8) is 0 Å². The number of nitrogens with zero attached hydrogens (tertiary/aromatic N) is 1. The van der Waals surface area contributed by atoms with E-state index in [-0.39, 0.29) is 11.9 Å². The molecule has 0 bridgehead atoms. The highest BCUT2D eigenvalue weighted by atomic mass is 19.1. The Hall–Kier alpha value is -1.97. The Balaban J connectivity index is 2.01. The van der Waals surface area contributed by atoms with Crippen molar-refractivity contribution in [3.05, 3.63) is 59.8 Å². The molecule has 1 heterocycles. The molecule has 0 saturated carbocycles. The van der Waals surface area contributed by atoms with Crippen molar-refractivity contribution < 1.29 is 8.78 Å². The van der Waals surface area contributed by atoms with Crippen molar-refractivity contribution in [2.75, 3.05) is 5.32 Å². The molecule has 4 heteroatoms. The van der Waals surface area contributed by atoms with E-state index in [1.807, 2.05) is 6.92 Å². The van der Waals surface area contributed by atoms with Gasteiger partial charge in [0.05, 0.1) is 0 Å². The first-order chi connectivity index (χ1) is 8.65. The van der Waals surface area contributed by atoms with Crippen LogP contribution in [0.2, 0.25) is 0 Å². The molecule has 1 atom stereocenters. The van der Waals surface area contributed by atoms with Crippen LogP contribution >= 0.6 is 0 Å². The summed E-state index contributed by atoms with van der Waals surface area (Å²) in [6, 6.07) is 11.1. The number of halogens is 2. The summed E-state index contributed by atoms with van der Waals surface area (Å²) in [5.74, 6) is -0.296. The van der Waals surface area contributed by atoms with Crippen LogP contribution in [-0.2, 0) is 6.42 Å². The Morgan fingerprint density at radius 1 is 1.11 bits per heavy atom. The number of aromatic nitrogens is 1. The standard InChI is InChI=1S/C14H14F2N2/c1-10(9-11-5-2-3-6-12(11)15)17-14-8-4-7-13(16)18-14/h2-8,10H,9H2,1H3,(H,17,18). The fourth-order valence-electron chi connectivity index (χ4n) is 1.79. The van der Waals surface area contributed by atoms with Crippen LogP contribution in [0.1, 0.15) is 12.5 Å². The van der Waals surface area contributed by atoms with Gasteiger partial charge in [-0.05, 0) is 37.1 Å². The van der Waals surface area contributed by atoms with E-state index < -0.39 is 5.95 Å². The molecule has 0 saturated heterocycles. The molecule has 2 aromatic rings. The van der Waals surface area contributed by atoms with Gasteiger partial charge in [-0.2, -0.15) is 4.39 Å². The van der Waals surface area contributed by atoms with E-state index in [2.05, 4.69) is 10.3 Å². The smallest absolute Gasteiger partial charge is 0.214 e. The Labute approximate surface area is 105 Å². The fourth-order valence-corrected chi connectivity index (χ4v) is 1.79. The first-order valence-electron chi connectivity index (χ1n) is 5.77. The molecule has 0 spiro atoms. The number of benzene rings is 1. The zero-order chi connectivity index (χ0) is 13.0. The van der Waals surface area contributed by atoms with Gasteiger partial charge in [-0.1, -0.05) is 24.3 Å². The highest BCUT2D eigenvalue weighted by Crippen LogP contribution is 2.12. The predicted octanol–water partition coefficient (Wildman–Crippen LogP) is 3.40.